The highest BCUT2D eigenvalue weighted by Gasteiger charge is 2.38. The molecule has 0 amide bonds. The van der Waals surface area contributed by atoms with Crippen molar-refractivity contribution < 1.29 is 15.0 Å². The van der Waals surface area contributed by atoms with E-state index in [9.17, 15) is 9.90 Å². The number of thioether (sulfide) groups is 1. The highest BCUT2D eigenvalue weighted by atomic mass is 32.2. The predicted octanol–water partition coefficient (Wildman–Crippen LogP) is 1.44. The van der Waals surface area contributed by atoms with Crippen LogP contribution in [0.1, 0.15) is 12.5 Å². The Morgan fingerprint density at radius 3 is 2.71 bits per heavy atom. The Morgan fingerprint density at radius 1 is 1.53 bits per heavy atom. The number of rotatable bonds is 3. The minimum atomic E-state index is -0.799. The van der Waals surface area contributed by atoms with Crippen LogP contribution >= 0.6 is 11.8 Å². The van der Waals surface area contributed by atoms with Crippen molar-refractivity contribution >= 4 is 17.7 Å². The molecule has 4 nitrogen and oxygen atoms in total. The molecule has 0 unspecified atom stereocenters. The first kappa shape index (κ1) is 12.3. The summed E-state index contributed by atoms with van der Waals surface area (Å²) in [6.45, 7) is 2.01. The minimum Gasteiger partial charge on any atom is -0.508 e. The average Bonchev–Trinajstić information content (AvgIpc) is 2.65. The molecule has 1 aromatic rings. The molecule has 0 aliphatic carbocycles. The van der Waals surface area contributed by atoms with Gasteiger partial charge in [0.15, 0.2) is 0 Å². The Kier molecular flexibility index (Phi) is 3.31. The lowest BCUT2D eigenvalue weighted by molar-refractivity contribution is -0.138. The van der Waals surface area contributed by atoms with Gasteiger partial charge in [0.1, 0.15) is 11.8 Å². The summed E-state index contributed by atoms with van der Waals surface area (Å²) in [5, 5.41) is 21.3. The molecule has 5 heteroatoms. The van der Waals surface area contributed by atoms with Crippen LogP contribution in [-0.2, 0) is 11.2 Å². The number of phenolic OH excluding ortho intramolecular Hbond substituents is 1. The van der Waals surface area contributed by atoms with Gasteiger partial charge in [0, 0.05) is 5.75 Å². The Bertz CT molecular complexity index is 420. The Morgan fingerprint density at radius 2 is 2.18 bits per heavy atom. The van der Waals surface area contributed by atoms with E-state index in [4.69, 9.17) is 5.11 Å². The topological polar surface area (TPSA) is 69.6 Å². The van der Waals surface area contributed by atoms with Gasteiger partial charge in [-0.2, -0.15) is 0 Å². The van der Waals surface area contributed by atoms with Gasteiger partial charge in [0.05, 0.1) is 4.87 Å². The SMILES string of the molecule is C[C@@]1(Cc2ccc(O)cc2)N[C@H](C(=O)O)CS1. The van der Waals surface area contributed by atoms with Gasteiger partial charge in [-0.25, -0.2) is 0 Å². The van der Waals surface area contributed by atoms with Crippen LogP contribution in [0.2, 0.25) is 0 Å². The Balaban J connectivity index is 2.04. The van der Waals surface area contributed by atoms with Crippen LogP contribution in [0.4, 0.5) is 0 Å². The first-order chi connectivity index (χ1) is 7.98. The summed E-state index contributed by atoms with van der Waals surface area (Å²) >= 11 is 1.63. The van der Waals surface area contributed by atoms with E-state index in [1.807, 2.05) is 19.1 Å². The number of benzene rings is 1. The Labute approximate surface area is 104 Å². The summed E-state index contributed by atoms with van der Waals surface area (Å²) in [6, 6.07) is 6.54. The molecule has 2 atom stereocenters. The molecule has 1 aliphatic heterocycles. The molecule has 1 aromatic carbocycles. The second kappa shape index (κ2) is 4.58. The van der Waals surface area contributed by atoms with Crippen molar-refractivity contribution in [2.75, 3.05) is 5.75 Å². The molecule has 1 fully saturated rings. The van der Waals surface area contributed by atoms with E-state index in [2.05, 4.69) is 5.32 Å². The van der Waals surface area contributed by atoms with Crippen molar-refractivity contribution in [2.45, 2.75) is 24.3 Å². The van der Waals surface area contributed by atoms with Gasteiger partial charge in [-0.1, -0.05) is 12.1 Å². The number of aliphatic carboxylic acids is 1. The van der Waals surface area contributed by atoms with E-state index >= 15 is 0 Å². The van der Waals surface area contributed by atoms with E-state index < -0.39 is 12.0 Å². The zero-order chi connectivity index (χ0) is 12.5. The quantitative estimate of drug-likeness (QED) is 0.760. The molecule has 3 N–H and O–H groups in total. The first-order valence-corrected chi connectivity index (χ1v) is 6.39. The molecule has 1 saturated heterocycles. The molecule has 0 radical (unpaired) electrons. The van der Waals surface area contributed by atoms with Gasteiger partial charge in [-0.3, -0.25) is 10.1 Å². The molecular formula is C12H15NO3S. The van der Waals surface area contributed by atoms with Crippen LogP contribution in [0.15, 0.2) is 24.3 Å². The van der Waals surface area contributed by atoms with Gasteiger partial charge >= 0.3 is 5.97 Å². The molecule has 0 saturated carbocycles. The summed E-state index contributed by atoms with van der Waals surface area (Å²) < 4.78 is 0. The lowest BCUT2D eigenvalue weighted by atomic mass is 10.1. The van der Waals surface area contributed by atoms with Crippen LogP contribution in [0, 0.1) is 0 Å². The fraction of sp³-hybridized carbons (Fsp3) is 0.417. The minimum absolute atomic E-state index is 0.245. The lowest BCUT2D eigenvalue weighted by Crippen LogP contribution is -2.44. The van der Waals surface area contributed by atoms with E-state index in [1.165, 1.54) is 0 Å². The number of carbonyl (C=O) groups is 1. The maximum absolute atomic E-state index is 10.9. The third-order valence-electron chi connectivity index (χ3n) is 2.82. The Hall–Kier alpha value is -1.20. The summed E-state index contributed by atoms with van der Waals surface area (Å²) in [6.07, 6.45) is 0.738. The van der Waals surface area contributed by atoms with Crippen molar-refractivity contribution in [2.24, 2.45) is 0 Å². The number of carboxylic acid groups (broad SMARTS) is 1. The molecular weight excluding hydrogens is 238 g/mol. The number of phenols is 1. The lowest BCUT2D eigenvalue weighted by Gasteiger charge is -2.24. The molecule has 1 aliphatic rings. The first-order valence-electron chi connectivity index (χ1n) is 5.41. The monoisotopic (exact) mass is 253 g/mol. The van der Waals surface area contributed by atoms with Crippen molar-refractivity contribution in [3.63, 3.8) is 0 Å². The van der Waals surface area contributed by atoms with E-state index in [0.717, 1.165) is 12.0 Å². The fourth-order valence-electron chi connectivity index (χ4n) is 1.96. The maximum Gasteiger partial charge on any atom is 0.321 e. The van der Waals surface area contributed by atoms with E-state index in [0.29, 0.717) is 5.75 Å². The normalized spacial score (nSPS) is 28.2. The fourth-order valence-corrected chi connectivity index (χ4v) is 3.21. The molecule has 0 bridgehead atoms. The van der Waals surface area contributed by atoms with Gasteiger partial charge in [-0.05, 0) is 31.0 Å². The van der Waals surface area contributed by atoms with Crippen LogP contribution in [0.25, 0.3) is 0 Å². The van der Waals surface area contributed by atoms with E-state index in [-0.39, 0.29) is 10.6 Å². The molecule has 2 rings (SSSR count). The summed E-state index contributed by atoms with van der Waals surface area (Å²) in [5.74, 6) is 0.0328. The van der Waals surface area contributed by atoms with Gasteiger partial charge in [0.2, 0.25) is 0 Å². The predicted molar refractivity (Wildman–Crippen MR) is 67.2 cm³/mol. The summed E-state index contributed by atoms with van der Waals surface area (Å²) in [7, 11) is 0. The van der Waals surface area contributed by atoms with Crippen molar-refractivity contribution in [3.8, 4) is 5.75 Å². The van der Waals surface area contributed by atoms with Crippen LogP contribution in [0.3, 0.4) is 0 Å². The van der Waals surface area contributed by atoms with Gasteiger partial charge in [-0.15, -0.1) is 11.8 Å². The van der Waals surface area contributed by atoms with Crippen molar-refractivity contribution in [1.29, 1.82) is 0 Å². The third kappa shape index (κ3) is 2.92. The van der Waals surface area contributed by atoms with Crippen LogP contribution in [0.5, 0.6) is 5.75 Å². The summed E-state index contributed by atoms with van der Waals surface area (Å²) in [5.41, 5.74) is 1.08. The maximum atomic E-state index is 10.9. The second-order valence-corrected chi connectivity index (χ2v) is 5.94. The molecule has 0 spiro atoms. The standard InChI is InChI=1S/C12H15NO3S/c1-12(13-10(7-17-12)11(15)16)6-8-2-4-9(14)5-3-8/h2-5,10,13-14H,6-7H2,1H3,(H,15,16)/t10-,12+/m0/s1. The van der Waals surface area contributed by atoms with Gasteiger partial charge < -0.3 is 10.2 Å². The summed E-state index contributed by atoms with van der Waals surface area (Å²) in [4.78, 5) is 10.6. The smallest absolute Gasteiger partial charge is 0.321 e. The highest BCUT2D eigenvalue weighted by molar-refractivity contribution is 8.00. The third-order valence-corrected chi connectivity index (χ3v) is 4.22. The average molecular weight is 253 g/mol. The number of aromatic hydroxyl groups is 1. The number of carboxylic acids is 1. The second-order valence-electron chi connectivity index (χ2n) is 4.42. The number of nitrogens with one attached hydrogen (secondary N) is 1. The number of hydrogen-bond donors (Lipinski definition) is 3. The molecule has 92 valence electrons. The van der Waals surface area contributed by atoms with Gasteiger partial charge in [0.25, 0.3) is 0 Å². The zero-order valence-corrected chi connectivity index (χ0v) is 10.3. The van der Waals surface area contributed by atoms with Crippen LogP contribution in [-0.4, -0.2) is 32.8 Å². The highest BCUT2D eigenvalue weighted by Crippen LogP contribution is 2.33. The van der Waals surface area contributed by atoms with Crippen molar-refractivity contribution in [1.82, 2.24) is 5.32 Å². The largest absolute Gasteiger partial charge is 0.508 e. The van der Waals surface area contributed by atoms with Crippen LogP contribution < -0.4 is 5.32 Å². The molecule has 17 heavy (non-hydrogen) atoms. The zero-order valence-electron chi connectivity index (χ0n) is 9.51. The molecule has 0 aromatic heterocycles. The number of hydrogen-bond acceptors (Lipinski definition) is 4. The van der Waals surface area contributed by atoms with Crippen molar-refractivity contribution in [3.05, 3.63) is 29.8 Å². The molecule has 1 heterocycles. The van der Waals surface area contributed by atoms with E-state index in [1.54, 1.807) is 23.9 Å².